The highest BCUT2D eigenvalue weighted by Gasteiger charge is 2.28. The van der Waals surface area contributed by atoms with Gasteiger partial charge in [-0.3, -0.25) is 14.2 Å². The highest BCUT2D eigenvalue weighted by Crippen LogP contribution is 2.30. The van der Waals surface area contributed by atoms with E-state index < -0.39 is 6.04 Å². The van der Waals surface area contributed by atoms with Crippen LogP contribution in [0.1, 0.15) is 42.1 Å². The number of furan rings is 1. The first-order valence-electron chi connectivity index (χ1n) is 13.0. The average molecular weight is 522 g/mol. The fourth-order valence-electron chi connectivity index (χ4n) is 4.83. The van der Waals surface area contributed by atoms with E-state index in [-0.39, 0.29) is 18.0 Å². The number of ether oxygens (including phenoxy) is 1. The Bertz CT molecular complexity index is 1640. The minimum absolute atomic E-state index is 0.0621. The first kappa shape index (κ1) is 26.0. The Labute approximate surface area is 227 Å². The van der Waals surface area contributed by atoms with Crippen LogP contribution in [0.2, 0.25) is 0 Å². The molecule has 1 unspecified atom stereocenters. The predicted octanol–water partition coefficient (Wildman–Crippen LogP) is 6.02. The van der Waals surface area contributed by atoms with Crippen molar-refractivity contribution in [3.63, 3.8) is 0 Å². The van der Waals surface area contributed by atoms with Gasteiger partial charge in [0, 0.05) is 6.42 Å². The van der Waals surface area contributed by atoms with E-state index in [1.807, 2.05) is 86.6 Å². The molecule has 3 aromatic carbocycles. The molecule has 0 fully saturated rings. The summed E-state index contributed by atoms with van der Waals surface area (Å²) in [7, 11) is 1.58. The molecule has 0 saturated carbocycles. The summed E-state index contributed by atoms with van der Waals surface area (Å²) in [4.78, 5) is 34.5. The molecular weight excluding hydrogens is 490 g/mol. The molecule has 2 heterocycles. The highest BCUT2D eigenvalue weighted by molar-refractivity contribution is 5.79. The van der Waals surface area contributed by atoms with Crippen LogP contribution in [-0.2, 0) is 17.8 Å². The molecule has 2 aromatic heterocycles. The summed E-state index contributed by atoms with van der Waals surface area (Å²) >= 11 is 0. The minimum atomic E-state index is -0.555. The van der Waals surface area contributed by atoms with Crippen LogP contribution in [-0.4, -0.2) is 27.5 Å². The Kier molecular flexibility index (Phi) is 7.59. The van der Waals surface area contributed by atoms with Crippen molar-refractivity contribution in [3.05, 3.63) is 124 Å². The molecule has 0 saturated heterocycles. The first-order valence-corrected chi connectivity index (χ1v) is 13.0. The second kappa shape index (κ2) is 11.4. The van der Waals surface area contributed by atoms with Gasteiger partial charge in [-0.05, 0) is 67.8 Å². The zero-order valence-electron chi connectivity index (χ0n) is 22.3. The zero-order valence-corrected chi connectivity index (χ0v) is 22.3. The Morgan fingerprint density at radius 2 is 1.79 bits per heavy atom. The number of fused-ring (bicyclic) bond motifs is 1. The van der Waals surface area contributed by atoms with Gasteiger partial charge in [0.1, 0.15) is 17.3 Å². The summed E-state index contributed by atoms with van der Waals surface area (Å²) in [6.07, 6.45) is 2.50. The molecule has 39 heavy (non-hydrogen) atoms. The lowest BCUT2D eigenvalue weighted by Gasteiger charge is -2.30. The van der Waals surface area contributed by atoms with Crippen molar-refractivity contribution < 1.29 is 13.9 Å². The number of carbonyl (C=O) groups excluding carboxylic acids is 1. The molecule has 0 spiro atoms. The second-order valence-corrected chi connectivity index (χ2v) is 9.57. The van der Waals surface area contributed by atoms with Crippen molar-refractivity contribution in [3.8, 4) is 11.4 Å². The molecule has 0 bridgehead atoms. The number of amides is 1. The maximum Gasteiger partial charge on any atom is 0.266 e. The Morgan fingerprint density at radius 1 is 1.03 bits per heavy atom. The number of nitrogens with zero attached hydrogens (tertiary/aromatic N) is 3. The lowest BCUT2D eigenvalue weighted by atomic mass is 10.1. The van der Waals surface area contributed by atoms with E-state index in [2.05, 4.69) is 0 Å². The van der Waals surface area contributed by atoms with Crippen molar-refractivity contribution in [2.45, 2.75) is 39.3 Å². The van der Waals surface area contributed by atoms with Crippen molar-refractivity contribution in [2.75, 3.05) is 7.11 Å². The van der Waals surface area contributed by atoms with Gasteiger partial charge < -0.3 is 14.1 Å². The number of hydrogen-bond donors (Lipinski definition) is 0. The lowest BCUT2D eigenvalue weighted by molar-refractivity contribution is -0.134. The molecular formula is C32H31N3O4. The van der Waals surface area contributed by atoms with Crippen LogP contribution in [0.25, 0.3) is 16.6 Å². The number of para-hydroxylation sites is 1. The van der Waals surface area contributed by atoms with Gasteiger partial charge in [-0.15, -0.1) is 0 Å². The maximum atomic E-state index is 14.0. The van der Waals surface area contributed by atoms with Crippen LogP contribution in [0.5, 0.6) is 5.75 Å². The third-order valence-corrected chi connectivity index (χ3v) is 6.92. The fraction of sp³-hybridized carbons (Fsp3) is 0.219. The van der Waals surface area contributed by atoms with Gasteiger partial charge in [0.15, 0.2) is 0 Å². The number of rotatable bonds is 9. The molecule has 0 aliphatic carbocycles. The van der Waals surface area contributed by atoms with Gasteiger partial charge >= 0.3 is 0 Å². The Hall–Kier alpha value is -4.65. The van der Waals surface area contributed by atoms with Gasteiger partial charge in [-0.1, -0.05) is 48.5 Å². The van der Waals surface area contributed by atoms with Crippen LogP contribution >= 0.6 is 0 Å². The van der Waals surface area contributed by atoms with Crippen LogP contribution in [0.15, 0.2) is 100 Å². The van der Waals surface area contributed by atoms with Gasteiger partial charge in [-0.2, -0.15) is 0 Å². The number of methoxy groups -OCH3 is 1. The molecule has 0 aliphatic heterocycles. The Balaban J connectivity index is 1.63. The molecule has 1 amide bonds. The van der Waals surface area contributed by atoms with E-state index in [9.17, 15) is 9.59 Å². The Morgan fingerprint density at radius 3 is 2.54 bits per heavy atom. The van der Waals surface area contributed by atoms with Gasteiger partial charge in [0.2, 0.25) is 5.91 Å². The van der Waals surface area contributed by atoms with E-state index in [0.717, 1.165) is 11.1 Å². The monoisotopic (exact) mass is 521 g/mol. The SMILES string of the molecule is COc1ccc(C)cc1-n1c(C(C)N(Cc2ccco2)C(=O)CCc2ccccc2)nc2ccccc2c1=O. The smallest absolute Gasteiger partial charge is 0.266 e. The van der Waals surface area contributed by atoms with Gasteiger partial charge in [0.25, 0.3) is 5.56 Å². The second-order valence-electron chi connectivity index (χ2n) is 9.57. The highest BCUT2D eigenvalue weighted by atomic mass is 16.5. The topological polar surface area (TPSA) is 77.6 Å². The average Bonchev–Trinajstić information content (AvgIpc) is 3.48. The summed E-state index contributed by atoms with van der Waals surface area (Å²) in [5.74, 6) is 1.58. The van der Waals surface area contributed by atoms with Crippen molar-refractivity contribution in [1.82, 2.24) is 14.5 Å². The normalized spacial score (nSPS) is 11.9. The molecule has 1 atom stereocenters. The number of aryl methyl sites for hydroxylation is 2. The first-order chi connectivity index (χ1) is 19.0. The number of aromatic nitrogens is 2. The fourth-order valence-corrected chi connectivity index (χ4v) is 4.83. The molecule has 5 aromatic rings. The summed E-state index contributed by atoms with van der Waals surface area (Å²) in [5, 5.41) is 0.491. The maximum absolute atomic E-state index is 14.0. The standard InChI is InChI=1S/C32H31N3O4/c1-22-15-17-29(38-3)28(20-22)35-31(33-27-14-8-7-13-26(27)32(35)37)23(2)34(21-25-12-9-19-39-25)30(36)18-16-24-10-5-4-6-11-24/h4-15,17,19-20,23H,16,18,21H2,1-3H3. The molecule has 7 heteroatoms. The number of carbonyl (C=O) groups is 1. The van der Waals surface area contributed by atoms with E-state index in [4.69, 9.17) is 14.1 Å². The van der Waals surface area contributed by atoms with Crippen molar-refractivity contribution in [1.29, 1.82) is 0 Å². The van der Waals surface area contributed by atoms with Gasteiger partial charge in [-0.25, -0.2) is 4.98 Å². The van der Waals surface area contributed by atoms with E-state index >= 15 is 0 Å². The third-order valence-electron chi connectivity index (χ3n) is 6.92. The van der Waals surface area contributed by atoms with Crippen LogP contribution < -0.4 is 10.3 Å². The molecule has 0 aliphatic rings. The van der Waals surface area contributed by atoms with E-state index in [1.54, 1.807) is 35.0 Å². The summed E-state index contributed by atoms with van der Waals surface area (Å²) < 4.78 is 12.9. The molecule has 7 nitrogen and oxygen atoms in total. The minimum Gasteiger partial charge on any atom is -0.495 e. The van der Waals surface area contributed by atoms with E-state index in [1.165, 1.54) is 0 Å². The van der Waals surface area contributed by atoms with E-state index in [0.29, 0.717) is 46.8 Å². The predicted molar refractivity (Wildman–Crippen MR) is 151 cm³/mol. The lowest BCUT2D eigenvalue weighted by Crippen LogP contribution is -2.37. The van der Waals surface area contributed by atoms with Crippen LogP contribution in [0.4, 0.5) is 0 Å². The summed E-state index contributed by atoms with van der Waals surface area (Å²) in [6, 6.07) is 25.9. The zero-order chi connectivity index (χ0) is 27.4. The van der Waals surface area contributed by atoms with Crippen LogP contribution in [0, 0.1) is 6.92 Å². The molecule has 0 N–H and O–H groups in total. The molecule has 0 radical (unpaired) electrons. The van der Waals surface area contributed by atoms with Crippen molar-refractivity contribution in [2.24, 2.45) is 0 Å². The quantitative estimate of drug-likeness (QED) is 0.237. The number of benzene rings is 3. The van der Waals surface area contributed by atoms with Crippen molar-refractivity contribution >= 4 is 16.8 Å². The molecule has 198 valence electrons. The number of hydrogen-bond acceptors (Lipinski definition) is 5. The van der Waals surface area contributed by atoms with Crippen LogP contribution in [0.3, 0.4) is 0 Å². The summed E-state index contributed by atoms with van der Waals surface area (Å²) in [5.41, 5.74) is 2.98. The van der Waals surface area contributed by atoms with Gasteiger partial charge in [0.05, 0.1) is 42.5 Å². The largest absolute Gasteiger partial charge is 0.495 e. The summed E-state index contributed by atoms with van der Waals surface area (Å²) in [6.45, 7) is 4.11. The third kappa shape index (κ3) is 5.48. The molecule has 5 rings (SSSR count).